The van der Waals surface area contributed by atoms with E-state index in [4.69, 9.17) is 5.11 Å². The van der Waals surface area contributed by atoms with Gasteiger partial charge in [-0.1, -0.05) is 6.07 Å². The minimum Gasteiger partial charge on any atom is -0.477 e. The van der Waals surface area contributed by atoms with Crippen LogP contribution in [0.3, 0.4) is 0 Å². The lowest BCUT2D eigenvalue weighted by Gasteiger charge is -2.14. The molecule has 0 atom stereocenters. The molecule has 18 heavy (non-hydrogen) atoms. The molecule has 5 nitrogen and oxygen atoms in total. The van der Waals surface area contributed by atoms with E-state index in [1.165, 1.54) is 32.0 Å². The molecule has 1 aromatic heterocycles. The van der Waals surface area contributed by atoms with E-state index < -0.39 is 5.97 Å². The first kappa shape index (κ1) is 12.8. The summed E-state index contributed by atoms with van der Waals surface area (Å²) in [6, 6.07) is 5.00. The van der Waals surface area contributed by atoms with E-state index in [0.29, 0.717) is 5.82 Å². The van der Waals surface area contributed by atoms with Crippen molar-refractivity contribution < 1.29 is 9.90 Å². The van der Waals surface area contributed by atoms with Gasteiger partial charge in [-0.05, 0) is 51.0 Å². The van der Waals surface area contributed by atoms with Gasteiger partial charge in [-0.25, -0.2) is 9.78 Å². The van der Waals surface area contributed by atoms with Crippen LogP contribution in [0.25, 0.3) is 0 Å². The number of carboxylic acids is 1. The molecular formula is C13H19N3O2. The number of likely N-dealkylation sites (tertiary alicyclic amines) is 1. The molecule has 1 saturated heterocycles. The van der Waals surface area contributed by atoms with Crippen LogP contribution in [0.1, 0.15) is 29.8 Å². The molecule has 2 rings (SSSR count). The molecule has 0 spiro atoms. The van der Waals surface area contributed by atoms with Gasteiger partial charge in [-0.2, -0.15) is 0 Å². The largest absolute Gasteiger partial charge is 0.477 e. The molecular weight excluding hydrogens is 230 g/mol. The van der Waals surface area contributed by atoms with Crippen LogP contribution < -0.4 is 5.32 Å². The number of aromatic carboxylic acids is 1. The Hall–Kier alpha value is -1.62. The van der Waals surface area contributed by atoms with E-state index >= 15 is 0 Å². The van der Waals surface area contributed by atoms with Crippen LogP contribution in [0.2, 0.25) is 0 Å². The highest BCUT2D eigenvalue weighted by molar-refractivity contribution is 5.85. The Morgan fingerprint density at radius 2 is 2.17 bits per heavy atom. The monoisotopic (exact) mass is 249 g/mol. The van der Waals surface area contributed by atoms with Crippen molar-refractivity contribution in [3.8, 4) is 0 Å². The zero-order chi connectivity index (χ0) is 12.8. The molecule has 1 aliphatic rings. The van der Waals surface area contributed by atoms with E-state index in [-0.39, 0.29) is 5.69 Å². The van der Waals surface area contributed by atoms with Crippen LogP contribution in [0.5, 0.6) is 0 Å². The molecule has 1 aromatic rings. The average molecular weight is 249 g/mol. The molecule has 0 aromatic carbocycles. The van der Waals surface area contributed by atoms with Crippen LogP contribution in [0.15, 0.2) is 18.2 Å². The normalized spacial score (nSPS) is 15.8. The first-order valence-corrected chi connectivity index (χ1v) is 6.42. The maximum absolute atomic E-state index is 10.8. The van der Waals surface area contributed by atoms with Gasteiger partial charge < -0.3 is 15.3 Å². The number of hydrogen-bond donors (Lipinski definition) is 2. The summed E-state index contributed by atoms with van der Waals surface area (Å²) in [4.78, 5) is 17.2. The number of nitrogens with one attached hydrogen (secondary N) is 1. The van der Waals surface area contributed by atoms with Crippen molar-refractivity contribution in [3.63, 3.8) is 0 Å². The summed E-state index contributed by atoms with van der Waals surface area (Å²) in [6.07, 6.45) is 3.68. The number of carbonyl (C=O) groups is 1. The Kier molecular flexibility index (Phi) is 4.52. The number of aromatic nitrogens is 1. The SMILES string of the molecule is O=C(O)c1cccc(NCCCN2CCCC2)n1. The van der Waals surface area contributed by atoms with Gasteiger partial charge in [-0.3, -0.25) is 0 Å². The molecule has 5 heteroatoms. The molecule has 2 N–H and O–H groups in total. The minimum atomic E-state index is -0.990. The van der Waals surface area contributed by atoms with E-state index in [1.807, 2.05) is 0 Å². The van der Waals surface area contributed by atoms with Gasteiger partial charge in [0.05, 0.1) is 0 Å². The summed E-state index contributed by atoms with van der Waals surface area (Å²) in [5.74, 6) is -0.355. The van der Waals surface area contributed by atoms with Gasteiger partial charge in [0.1, 0.15) is 5.82 Å². The predicted octanol–water partition coefficient (Wildman–Crippen LogP) is 1.68. The summed E-state index contributed by atoms with van der Waals surface area (Å²) < 4.78 is 0. The predicted molar refractivity (Wildman–Crippen MR) is 70.0 cm³/mol. The second-order valence-corrected chi connectivity index (χ2v) is 4.54. The highest BCUT2D eigenvalue weighted by Gasteiger charge is 2.10. The molecule has 98 valence electrons. The summed E-state index contributed by atoms with van der Waals surface area (Å²) in [7, 11) is 0. The zero-order valence-corrected chi connectivity index (χ0v) is 10.4. The third kappa shape index (κ3) is 3.70. The fourth-order valence-corrected chi connectivity index (χ4v) is 2.18. The van der Waals surface area contributed by atoms with E-state index in [1.54, 1.807) is 12.1 Å². The highest BCUT2D eigenvalue weighted by atomic mass is 16.4. The zero-order valence-electron chi connectivity index (χ0n) is 10.4. The van der Waals surface area contributed by atoms with Crippen LogP contribution in [0.4, 0.5) is 5.82 Å². The molecule has 0 unspecified atom stereocenters. The molecule has 2 heterocycles. The first-order valence-electron chi connectivity index (χ1n) is 6.42. The van der Waals surface area contributed by atoms with Gasteiger partial charge in [-0.15, -0.1) is 0 Å². The number of carboxylic acid groups (broad SMARTS) is 1. The lowest BCUT2D eigenvalue weighted by atomic mass is 10.3. The Bertz CT molecular complexity index is 403. The summed E-state index contributed by atoms with van der Waals surface area (Å²) in [6.45, 7) is 4.36. The number of hydrogen-bond acceptors (Lipinski definition) is 4. The fraction of sp³-hybridized carbons (Fsp3) is 0.538. The molecule has 1 aliphatic heterocycles. The van der Waals surface area contributed by atoms with Gasteiger partial charge >= 0.3 is 5.97 Å². The molecule has 1 fully saturated rings. The van der Waals surface area contributed by atoms with Crippen molar-refractivity contribution in [2.24, 2.45) is 0 Å². The molecule has 0 aliphatic carbocycles. The van der Waals surface area contributed by atoms with E-state index in [9.17, 15) is 4.79 Å². The van der Waals surface area contributed by atoms with Crippen LogP contribution >= 0.6 is 0 Å². The second-order valence-electron chi connectivity index (χ2n) is 4.54. The summed E-state index contributed by atoms with van der Waals surface area (Å²) in [5, 5.41) is 12.0. The van der Waals surface area contributed by atoms with Crippen molar-refractivity contribution in [2.75, 3.05) is 31.5 Å². The smallest absolute Gasteiger partial charge is 0.354 e. The first-order chi connectivity index (χ1) is 8.75. The third-order valence-electron chi connectivity index (χ3n) is 3.12. The molecule has 0 bridgehead atoms. The van der Waals surface area contributed by atoms with Gasteiger partial charge in [0.15, 0.2) is 5.69 Å². The van der Waals surface area contributed by atoms with Gasteiger partial charge in [0.2, 0.25) is 0 Å². The van der Waals surface area contributed by atoms with Crippen molar-refractivity contribution >= 4 is 11.8 Å². The topological polar surface area (TPSA) is 65.5 Å². The molecule has 0 saturated carbocycles. The Balaban J connectivity index is 1.72. The molecule has 0 amide bonds. The Morgan fingerprint density at radius 1 is 1.39 bits per heavy atom. The lowest BCUT2D eigenvalue weighted by molar-refractivity contribution is 0.0690. The lowest BCUT2D eigenvalue weighted by Crippen LogP contribution is -2.22. The maximum Gasteiger partial charge on any atom is 0.354 e. The highest BCUT2D eigenvalue weighted by Crippen LogP contribution is 2.08. The quantitative estimate of drug-likeness (QED) is 0.751. The van der Waals surface area contributed by atoms with Crippen molar-refractivity contribution in [3.05, 3.63) is 23.9 Å². The fourth-order valence-electron chi connectivity index (χ4n) is 2.18. The summed E-state index contributed by atoms with van der Waals surface area (Å²) in [5.41, 5.74) is 0.0829. The second kappa shape index (κ2) is 6.35. The number of anilines is 1. The average Bonchev–Trinajstić information content (AvgIpc) is 2.88. The standard InChI is InChI=1S/C13H19N3O2/c17-13(18)11-5-3-6-12(15-11)14-7-4-10-16-8-1-2-9-16/h3,5-6H,1-2,4,7-10H2,(H,14,15)(H,17,18). The summed E-state index contributed by atoms with van der Waals surface area (Å²) >= 11 is 0. The maximum atomic E-state index is 10.8. The number of pyridine rings is 1. The van der Waals surface area contributed by atoms with Crippen LogP contribution in [0, 0.1) is 0 Å². The van der Waals surface area contributed by atoms with Gasteiger partial charge in [0.25, 0.3) is 0 Å². The van der Waals surface area contributed by atoms with Crippen LogP contribution in [-0.4, -0.2) is 47.1 Å². The van der Waals surface area contributed by atoms with Crippen molar-refractivity contribution in [2.45, 2.75) is 19.3 Å². The third-order valence-corrected chi connectivity index (χ3v) is 3.12. The number of nitrogens with zero attached hydrogens (tertiary/aromatic N) is 2. The van der Waals surface area contributed by atoms with Crippen molar-refractivity contribution in [1.82, 2.24) is 9.88 Å². The van der Waals surface area contributed by atoms with E-state index in [2.05, 4.69) is 15.2 Å². The van der Waals surface area contributed by atoms with Crippen molar-refractivity contribution in [1.29, 1.82) is 0 Å². The minimum absolute atomic E-state index is 0.0829. The Morgan fingerprint density at radius 3 is 2.89 bits per heavy atom. The Labute approximate surface area is 107 Å². The number of rotatable bonds is 6. The molecule has 0 radical (unpaired) electrons. The van der Waals surface area contributed by atoms with Gasteiger partial charge in [0, 0.05) is 6.54 Å². The van der Waals surface area contributed by atoms with Crippen LogP contribution in [-0.2, 0) is 0 Å². The van der Waals surface area contributed by atoms with E-state index in [0.717, 1.165) is 19.5 Å².